The fourth-order valence-corrected chi connectivity index (χ4v) is 3.14. The van der Waals surface area contributed by atoms with Crippen molar-refractivity contribution in [2.75, 3.05) is 12.0 Å². The van der Waals surface area contributed by atoms with Crippen molar-refractivity contribution in [1.29, 1.82) is 0 Å². The number of hydrogen-bond acceptors (Lipinski definition) is 4. The second-order valence-corrected chi connectivity index (χ2v) is 6.81. The predicted molar refractivity (Wildman–Crippen MR) is 75.9 cm³/mol. The number of rotatable bonds is 7. The van der Waals surface area contributed by atoms with Crippen molar-refractivity contribution < 1.29 is 18.3 Å². The van der Waals surface area contributed by atoms with Gasteiger partial charge in [0.15, 0.2) is 0 Å². The van der Waals surface area contributed by atoms with E-state index in [-0.39, 0.29) is 11.3 Å². The Morgan fingerprint density at radius 2 is 1.95 bits per heavy atom. The summed E-state index contributed by atoms with van der Waals surface area (Å²) in [6, 6.07) is 5.17. The molecule has 1 atom stereocenters. The molecule has 1 aromatic carbocycles. The molecule has 19 heavy (non-hydrogen) atoms. The molecule has 5 nitrogen and oxygen atoms in total. The van der Waals surface area contributed by atoms with Crippen molar-refractivity contribution in [3.63, 3.8) is 0 Å². The zero-order valence-corrected chi connectivity index (χ0v) is 12.4. The van der Waals surface area contributed by atoms with Gasteiger partial charge in [0, 0.05) is 0 Å². The van der Waals surface area contributed by atoms with E-state index >= 15 is 0 Å². The average Bonchev–Trinajstić information content (AvgIpc) is 2.34. The predicted octanol–water partition coefficient (Wildman–Crippen LogP) is 1.48. The molecule has 0 spiro atoms. The van der Waals surface area contributed by atoms with Crippen LogP contribution < -0.4 is 4.72 Å². The summed E-state index contributed by atoms with van der Waals surface area (Å²) in [6.45, 7) is 1.85. The van der Waals surface area contributed by atoms with E-state index in [2.05, 4.69) is 4.72 Å². The Bertz CT molecular complexity index is 525. The zero-order chi connectivity index (χ0) is 14.5. The lowest BCUT2D eigenvalue weighted by Gasteiger charge is -2.14. The molecule has 0 unspecified atom stereocenters. The van der Waals surface area contributed by atoms with Crippen LogP contribution in [0.15, 0.2) is 29.2 Å². The Hall–Kier alpha value is -1.05. The van der Waals surface area contributed by atoms with Crippen LogP contribution in [0.1, 0.15) is 12.0 Å². The standard InChI is InChI=1S/C12H17NO4S2/c1-9-3-5-10(6-4-9)19(16,17)13-11(12(14)15)7-8-18-2/h3-6,11,13H,7-8H2,1-2H3,(H,14,15)/t11-/m1/s1. The number of carboxylic acid groups (broad SMARTS) is 1. The van der Waals surface area contributed by atoms with Crippen molar-refractivity contribution in [3.05, 3.63) is 29.8 Å². The second-order valence-electron chi connectivity index (χ2n) is 4.11. The highest BCUT2D eigenvalue weighted by atomic mass is 32.2. The summed E-state index contributed by atoms with van der Waals surface area (Å²) in [7, 11) is -3.79. The molecular formula is C12H17NO4S2. The number of benzene rings is 1. The highest BCUT2D eigenvalue weighted by molar-refractivity contribution is 7.98. The Morgan fingerprint density at radius 3 is 2.42 bits per heavy atom. The van der Waals surface area contributed by atoms with E-state index in [9.17, 15) is 13.2 Å². The molecule has 0 aliphatic rings. The Labute approximate surface area is 117 Å². The number of carboxylic acids is 1. The molecule has 0 aromatic heterocycles. The first-order valence-electron chi connectivity index (χ1n) is 5.67. The average molecular weight is 303 g/mol. The summed E-state index contributed by atoms with van der Waals surface area (Å²) in [5, 5.41) is 9.02. The number of carbonyl (C=O) groups is 1. The molecule has 0 saturated heterocycles. The van der Waals surface area contributed by atoms with Crippen LogP contribution in [0, 0.1) is 6.92 Å². The third-order valence-corrected chi connectivity index (χ3v) is 4.67. The molecule has 0 aliphatic carbocycles. The van der Waals surface area contributed by atoms with Crippen LogP contribution >= 0.6 is 11.8 Å². The first-order valence-corrected chi connectivity index (χ1v) is 8.55. The molecule has 0 amide bonds. The largest absolute Gasteiger partial charge is 0.480 e. The van der Waals surface area contributed by atoms with Crippen LogP contribution in [0.3, 0.4) is 0 Å². The third kappa shape index (κ3) is 4.85. The van der Waals surface area contributed by atoms with Crippen molar-refractivity contribution in [3.8, 4) is 0 Å². The molecule has 7 heteroatoms. The maximum Gasteiger partial charge on any atom is 0.321 e. The maximum absolute atomic E-state index is 12.0. The molecule has 0 radical (unpaired) electrons. The van der Waals surface area contributed by atoms with E-state index in [1.807, 2.05) is 13.2 Å². The van der Waals surface area contributed by atoms with Gasteiger partial charge in [0.05, 0.1) is 4.90 Å². The summed E-state index contributed by atoms with van der Waals surface area (Å²) in [5.41, 5.74) is 0.941. The summed E-state index contributed by atoms with van der Waals surface area (Å²) in [6.07, 6.45) is 2.09. The summed E-state index contributed by atoms with van der Waals surface area (Å²) in [4.78, 5) is 11.1. The first-order chi connectivity index (χ1) is 8.86. The third-order valence-electron chi connectivity index (χ3n) is 2.54. The number of hydrogen-bond donors (Lipinski definition) is 2. The van der Waals surface area contributed by atoms with Gasteiger partial charge in [-0.1, -0.05) is 17.7 Å². The lowest BCUT2D eigenvalue weighted by molar-refractivity contribution is -0.139. The van der Waals surface area contributed by atoms with Crippen molar-refractivity contribution in [2.45, 2.75) is 24.3 Å². The SMILES string of the molecule is CSCC[C@@H](NS(=O)(=O)c1ccc(C)cc1)C(=O)O. The van der Waals surface area contributed by atoms with Crippen LogP contribution in [0.2, 0.25) is 0 Å². The van der Waals surface area contributed by atoms with E-state index < -0.39 is 22.0 Å². The number of nitrogens with one attached hydrogen (secondary N) is 1. The van der Waals surface area contributed by atoms with Crippen LogP contribution in [-0.2, 0) is 14.8 Å². The highest BCUT2D eigenvalue weighted by Crippen LogP contribution is 2.12. The quantitative estimate of drug-likeness (QED) is 0.797. The first kappa shape index (κ1) is 16.0. The van der Waals surface area contributed by atoms with Gasteiger partial charge in [-0.05, 0) is 37.5 Å². The van der Waals surface area contributed by atoms with E-state index in [1.165, 1.54) is 23.9 Å². The lowest BCUT2D eigenvalue weighted by atomic mass is 10.2. The van der Waals surface area contributed by atoms with Gasteiger partial charge in [0.2, 0.25) is 10.0 Å². The van der Waals surface area contributed by atoms with Crippen LogP contribution in [0.4, 0.5) is 0 Å². The van der Waals surface area contributed by atoms with Gasteiger partial charge in [0.25, 0.3) is 0 Å². The number of aryl methyl sites for hydroxylation is 1. The summed E-state index contributed by atoms with van der Waals surface area (Å²) < 4.78 is 26.3. The minimum absolute atomic E-state index is 0.0773. The van der Waals surface area contributed by atoms with Crippen LogP contribution in [-0.4, -0.2) is 37.5 Å². The highest BCUT2D eigenvalue weighted by Gasteiger charge is 2.24. The fraction of sp³-hybridized carbons (Fsp3) is 0.417. The molecule has 1 aromatic rings. The Morgan fingerprint density at radius 1 is 1.37 bits per heavy atom. The smallest absolute Gasteiger partial charge is 0.321 e. The Balaban J connectivity index is 2.87. The normalized spacial score (nSPS) is 13.2. The zero-order valence-electron chi connectivity index (χ0n) is 10.8. The molecule has 0 aliphatic heterocycles. The minimum Gasteiger partial charge on any atom is -0.480 e. The van der Waals surface area contributed by atoms with E-state index in [1.54, 1.807) is 12.1 Å². The molecular weight excluding hydrogens is 286 g/mol. The summed E-state index contributed by atoms with van der Waals surface area (Å²) >= 11 is 1.47. The van der Waals surface area contributed by atoms with Gasteiger partial charge in [-0.3, -0.25) is 4.79 Å². The van der Waals surface area contributed by atoms with Gasteiger partial charge in [-0.25, -0.2) is 8.42 Å². The monoisotopic (exact) mass is 303 g/mol. The van der Waals surface area contributed by atoms with Crippen molar-refractivity contribution in [2.24, 2.45) is 0 Å². The molecule has 0 saturated carbocycles. The molecule has 0 heterocycles. The van der Waals surface area contributed by atoms with Gasteiger partial charge in [-0.2, -0.15) is 16.5 Å². The van der Waals surface area contributed by atoms with Gasteiger partial charge < -0.3 is 5.11 Å². The molecule has 0 bridgehead atoms. The van der Waals surface area contributed by atoms with Crippen molar-refractivity contribution in [1.82, 2.24) is 4.72 Å². The summed E-state index contributed by atoms with van der Waals surface area (Å²) in [5.74, 6) is -0.586. The van der Waals surface area contributed by atoms with Gasteiger partial charge in [0.1, 0.15) is 6.04 Å². The lowest BCUT2D eigenvalue weighted by Crippen LogP contribution is -2.41. The number of aliphatic carboxylic acids is 1. The van der Waals surface area contributed by atoms with Gasteiger partial charge >= 0.3 is 5.97 Å². The maximum atomic E-state index is 12.0. The molecule has 106 valence electrons. The van der Waals surface area contributed by atoms with Crippen LogP contribution in [0.5, 0.6) is 0 Å². The van der Waals surface area contributed by atoms with Crippen LogP contribution in [0.25, 0.3) is 0 Å². The van der Waals surface area contributed by atoms with E-state index in [0.29, 0.717) is 5.75 Å². The van der Waals surface area contributed by atoms with Crippen molar-refractivity contribution >= 4 is 27.8 Å². The topological polar surface area (TPSA) is 83.5 Å². The number of sulfonamides is 1. The van der Waals surface area contributed by atoms with E-state index in [4.69, 9.17) is 5.11 Å². The molecule has 0 fully saturated rings. The minimum atomic E-state index is -3.79. The van der Waals surface area contributed by atoms with E-state index in [0.717, 1.165) is 5.56 Å². The number of thioether (sulfide) groups is 1. The van der Waals surface area contributed by atoms with Gasteiger partial charge in [-0.15, -0.1) is 0 Å². The molecule has 1 rings (SSSR count). The molecule has 2 N–H and O–H groups in total. The Kier molecular flexibility index (Phi) is 5.84. The fourth-order valence-electron chi connectivity index (χ4n) is 1.44. The second kappa shape index (κ2) is 6.93.